The van der Waals surface area contributed by atoms with Gasteiger partial charge in [-0.3, -0.25) is 4.79 Å². The van der Waals surface area contributed by atoms with Crippen LogP contribution in [-0.2, 0) is 5.60 Å². The van der Waals surface area contributed by atoms with E-state index in [0.717, 1.165) is 0 Å². The number of carbonyl (C=O) groups is 1. The van der Waals surface area contributed by atoms with Crippen molar-refractivity contribution in [2.24, 2.45) is 0 Å². The molecule has 4 nitrogen and oxygen atoms in total. The second kappa shape index (κ2) is 3.64. The van der Waals surface area contributed by atoms with E-state index in [4.69, 9.17) is 21.1 Å². The Morgan fingerprint density at radius 3 is 2.62 bits per heavy atom. The van der Waals surface area contributed by atoms with Gasteiger partial charge in [-0.2, -0.15) is 0 Å². The van der Waals surface area contributed by atoms with Crippen molar-refractivity contribution < 1.29 is 19.4 Å². The largest absolute Gasteiger partial charge is 0.453 e. The first-order chi connectivity index (χ1) is 7.45. The number of hydrogen-bond donors (Lipinski definition) is 1. The number of fused-ring (bicyclic) bond motifs is 1. The lowest BCUT2D eigenvalue weighted by atomic mass is 9.95. The van der Waals surface area contributed by atoms with Gasteiger partial charge in [0.25, 0.3) is 0 Å². The van der Waals surface area contributed by atoms with Crippen LogP contribution in [-0.4, -0.2) is 18.2 Å². The van der Waals surface area contributed by atoms with E-state index >= 15 is 0 Å². The van der Waals surface area contributed by atoms with E-state index in [2.05, 4.69) is 0 Å². The zero-order valence-electron chi connectivity index (χ0n) is 8.91. The Morgan fingerprint density at radius 2 is 2.06 bits per heavy atom. The highest BCUT2D eigenvalue weighted by Gasteiger charge is 2.31. The molecule has 1 heterocycles. The summed E-state index contributed by atoms with van der Waals surface area (Å²) in [5.41, 5.74) is -0.346. The van der Waals surface area contributed by atoms with E-state index in [9.17, 15) is 9.90 Å². The fourth-order valence-electron chi connectivity index (χ4n) is 1.62. The van der Waals surface area contributed by atoms with Gasteiger partial charge < -0.3 is 14.6 Å². The first kappa shape index (κ1) is 11.2. The Balaban J connectivity index is 2.71. The fourth-order valence-corrected chi connectivity index (χ4v) is 1.86. The molecule has 0 saturated heterocycles. The molecule has 1 N–H and O–H groups in total. The van der Waals surface area contributed by atoms with Gasteiger partial charge in [0.15, 0.2) is 17.8 Å². The second-order valence-corrected chi connectivity index (χ2v) is 4.47. The van der Waals surface area contributed by atoms with Gasteiger partial charge in [0.1, 0.15) is 0 Å². The third-order valence-corrected chi connectivity index (χ3v) is 2.72. The standard InChI is InChI=1S/C11H11ClO4/c1-11(2,14)7-3-8(12)6(4-13)9-10(7)16-5-15-9/h3-4,14H,5H2,1-2H3. The molecule has 0 aromatic heterocycles. The number of aliphatic hydroxyl groups is 1. The van der Waals surface area contributed by atoms with Crippen LogP contribution in [0.3, 0.4) is 0 Å². The maximum Gasteiger partial charge on any atom is 0.231 e. The topological polar surface area (TPSA) is 55.8 Å². The van der Waals surface area contributed by atoms with E-state index < -0.39 is 5.60 Å². The Bertz CT molecular complexity index is 448. The number of rotatable bonds is 2. The molecule has 0 aliphatic carbocycles. The fraction of sp³-hybridized carbons (Fsp3) is 0.364. The predicted molar refractivity (Wildman–Crippen MR) is 58.2 cm³/mol. The van der Waals surface area contributed by atoms with Crippen molar-refractivity contribution in [3.63, 3.8) is 0 Å². The number of benzene rings is 1. The van der Waals surface area contributed by atoms with Crippen molar-refractivity contribution in [2.75, 3.05) is 6.79 Å². The summed E-state index contributed by atoms with van der Waals surface area (Å²) in [5, 5.41) is 10.2. The molecule has 2 rings (SSSR count). The molecular formula is C11H11ClO4. The van der Waals surface area contributed by atoms with Gasteiger partial charge in [0.2, 0.25) is 6.79 Å². The monoisotopic (exact) mass is 242 g/mol. The molecule has 0 fully saturated rings. The quantitative estimate of drug-likeness (QED) is 0.807. The van der Waals surface area contributed by atoms with Gasteiger partial charge in [-0.25, -0.2) is 0 Å². The molecule has 1 aliphatic heterocycles. The summed E-state index contributed by atoms with van der Waals surface area (Å²) in [5.74, 6) is 0.693. The highest BCUT2D eigenvalue weighted by atomic mass is 35.5. The zero-order chi connectivity index (χ0) is 11.9. The van der Waals surface area contributed by atoms with Crippen LogP contribution >= 0.6 is 11.6 Å². The average Bonchev–Trinajstić information content (AvgIpc) is 2.63. The maximum absolute atomic E-state index is 10.9. The summed E-state index contributed by atoms with van der Waals surface area (Å²) in [6.45, 7) is 3.25. The van der Waals surface area contributed by atoms with Crippen LogP contribution in [0.2, 0.25) is 5.02 Å². The van der Waals surface area contributed by atoms with Crippen molar-refractivity contribution in [1.82, 2.24) is 0 Å². The molecule has 0 radical (unpaired) electrons. The number of halogens is 1. The van der Waals surface area contributed by atoms with E-state index in [-0.39, 0.29) is 17.4 Å². The molecular weight excluding hydrogens is 232 g/mol. The van der Waals surface area contributed by atoms with Crippen LogP contribution in [0.1, 0.15) is 29.8 Å². The Morgan fingerprint density at radius 1 is 1.44 bits per heavy atom. The van der Waals surface area contributed by atoms with Crippen LogP contribution in [0.4, 0.5) is 0 Å². The molecule has 1 aromatic carbocycles. The average molecular weight is 243 g/mol. The van der Waals surface area contributed by atoms with Gasteiger partial charge >= 0.3 is 0 Å². The normalized spacial score (nSPS) is 14.0. The molecule has 0 atom stereocenters. The summed E-state index contributed by atoms with van der Waals surface area (Å²) in [6, 6.07) is 1.53. The molecule has 0 spiro atoms. The van der Waals surface area contributed by atoms with Gasteiger partial charge in [-0.1, -0.05) is 11.6 Å². The van der Waals surface area contributed by atoms with Crippen LogP contribution in [0, 0.1) is 0 Å². The lowest BCUT2D eigenvalue weighted by Gasteiger charge is -2.20. The molecule has 16 heavy (non-hydrogen) atoms. The SMILES string of the molecule is CC(C)(O)c1cc(Cl)c(C=O)c2c1OCO2. The lowest BCUT2D eigenvalue weighted by Crippen LogP contribution is -2.16. The van der Waals surface area contributed by atoms with Crippen LogP contribution in [0.25, 0.3) is 0 Å². The molecule has 1 aromatic rings. The molecule has 5 heteroatoms. The Labute approximate surface area is 97.7 Å². The summed E-state index contributed by atoms with van der Waals surface area (Å²) >= 11 is 5.94. The smallest absolute Gasteiger partial charge is 0.231 e. The number of carbonyl (C=O) groups excluding carboxylic acids is 1. The molecule has 86 valence electrons. The minimum absolute atomic E-state index is 0.0274. The van der Waals surface area contributed by atoms with E-state index in [1.807, 2.05) is 0 Å². The van der Waals surface area contributed by atoms with Gasteiger partial charge in [-0.15, -0.1) is 0 Å². The summed E-state index contributed by atoms with van der Waals surface area (Å²) in [6.07, 6.45) is 0.615. The third kappa shape index (κ3) is 1.64. The number of ether oxygens (including phenoxy) is 2. The molecule has 1 aliphatic rings. The first-order valence-corrected chi connectivity index (χ1v) is 5.13. The highest BCUT2D eigenvalue weighted by Crippen LogP contribution is 2.45. The van der Waals surface area contributed by atoms with Crippen LogP contribution in [0.15, 0.2) is 6.07 Å². The second-order valence-electron chi connectivity index (χ2n) is 4.06. The van der Waals surface area contributed by atoms with E-state index in [1.54, 1.807) is 13.8 Å². The first-order valence-electron chi connectivity index (χ1n) is 4.75. The van der Waals surface area contributed by atoms with Crippen molar-refractivity contribution in [3.8, 4) is 11.5 Å². The number of aldehydes is 1. The summed E-state index contributed by atoms with van der Waals surface area (Å²) in [7, 11) is 0. The van der Waals surface area contributed by atoms with E-state index in [1.165, 1.54) is 6.07 Å². The minimum atomic E-state index is -1.11. The molecule has 0 bridgehead atoms. The predicted octanol–water partition coefficient (Wildman–Crippen LogP) is 2.11. The molecule has 0 saturated carbocycles. The molecule has 0 unspecified atom stereocenters. The maximum atomic E-state index is 10.9. The Kier molecular flexibility index (Phi) is 2.56. The van der Waals surface area contributed by atoms with Crippen molar-refractivity contribution in [3.05, 3.63) is 22.2 Å². The van der Waals surface area contributed by atoms with E-state index in [0.29, 0.717) is 23.3 Å². The third-order valence-electron chi connectivity index (χ3n) is 2.41. The Hall–Kier alpha value is -1.26. The molecule has 0 amide bonds. The van der Waals surface area contributed by atoms with Gasteiger partial charge in [-0.05, 0) is 19.9 Å². The minimum Gasteiger partial charge on any atom is -0.453 e. The summed E-state index contributed by atoms with van der Waals surface area (Å²) in [4.78, 5) is 10.9. The van der Waals surface area contributed by atoms with Crippen LogP contribution < -0.4 is 9.47 Å². The van der Waals surface area contributed by atoms with Gasteiger partial charge in [0.05, 0.1) is 16.2 Å². The van der Waals surface area contributed by atoms with Crippen molar-refractivity contribution in [2.45, 2.75) is 19.4 Å². The van der Waals surface area contributed by atoms with Gasteiger partial charge in [0, 0.05) is 5.56 Å². The van der Waals surface area contributed by atoms with Crippen molar-refractivity contribution >= 4 is 17.9 Å². The van der Waals surface area contributed by atoms with Crippen molar-refractivity contribution in [1.29, 1.82) is 0 Å². The van der Waals surface area contributed by atoms with Crippen LogP contribution in [0.5, 0.6) is 11.5 Å². The number of hydrogen-bond acceptors (Lipinski definition) is 4. The zero-order valence-corrected chi connectivity index (χ0v) is 9.67. The highest BCUT2D eigenvalue weighted by molar-refractivity contribution is 6.33. The lowest BCUT2D eigenvalue weighted by molar-refractivity contribution is 0.0744. The summed E-state index contributed by atoms with van der Waals surface area (Å²) < 4.78 is 10.4.